The fraction of sp³-hybridized carbons (Fsp3) is 0.0588. The fourth-order valence-electron chi connectivity index (χ4n) is 2.37. The van der Waals surface area contributed by atoms with Crippen LogP contribution < -0.4 is 10.5 Å². The largest absolute Gasteiger partial charge is 0.326 e. The van der Waals surface area contributed by atoms with E-state index >= 15 is 0 Å². The van der Waals surface area contributed by atoms with Crippen molar-refractivity contribution < 1.29 is 4.79 Å². The molecule has 0 atom stereocenters. The first-order valence-corrected chi connectivity index (χ1v) is 8.70. The summed E-state index contributed by atoms with van der Waals surface area (Å²) in [7, 11) is 0. The van der Waals surface area contributed by atoms with Crippen molar-refractivity contribution in [2.24, 2.45) is 5.14 Å². The van der Waals surface area contributed by atoms with E-state index in [0.29, 0.717) is 21.4 Å². The minimum atomic E-state index is -0.169. The third-order valence-electron chi connectivity index (χ3n) is 3.45. The topological polar surface area (TPSA) is 68.0 Å². The maximum Gasteiger partial charge on any atom is 0.228 e. The molecule has 1 aromatic heterocycles. The molecule has 0 bridgehead atoms. The quantitative estimate of drug-likeness (QED) is 0.511. The number of nitrogens with one attached hydrogen (secondary N) is 1. The molecule has 0 aliphatic heterocycles. The zero-order valence-corrected chi connectivity index (χ0v) is 14.8. The molecule has 0 spiro atoms. The Balaban J connectivity index is 1.87. The van der Waals surface area contributed by atoms with Crippen molar-refractivity contribution in [1.82, 2.24) is 4.98 Å². The Kier molecular flexibility index (Phi) is 5.26. The number of fused-ring (bicyclic) bond motifs is 1. The van der Waals surface area contributed by atoms with E-state index in [1.807, 2.05) is 30.3 Å². The number of halogens is 2. The number of carbonyl (C=O) groups is 1. The Labute approximate surface area is 153 Å². The molecule has 0 saturated carbocycles. The number of benzene rings is 2. The van der Waals surface area contributed by atoms with Crippen LogP contribution in [0.4, 0.5) is 5.69 Å². The second-order valence-corrected chi connectivity index (χ2v) is 6.58. The Hall–Kier alpha value is -1.79. The van der Waals surface area contributed by atoms with Gasteiger partial charge in [-0.3, -0.25) is 9.93 Å². The van der Waals surface area contributed by atoms with Crippen LogP contribution >= 0.6 is 35.1 Å². The monoisotopic (exact) mass is 377 g/mol. The highest BCUT2D eigenvalue weighted by atomic mass is 35.5. The van der Waals surface area contributed by atoms with Crippen LogP contribution in [-0.4, -0.2) is 10.9 Å². The molecule has 0 fully saturated rings. The van der Waals surface area contributed by atoms with Gasteiger partial charge in [0.15, 0.2) is 0 Å². The molecular formula is C17H13Cl2N3OS. The lowest BCUT2D eigenvalue weighted by molar-refractivity contribution is -0.115. The van der Waals surface area contributed by atoms with Gasteiger partial charge in [0.05, 0.1) is 11.9 Å². The molecule has 0 unspecified atom stereocenters. The van der Waals surface area contributed by atoms with E-state index in [-0.39, 0.29) is 12.3 Å². The minimum Gasteiger partial charge on any atom is -0.326 e. The summed E-state index contributed by atoms with van der Waals surface area (Å²) < 4.78 is 0. The number of nitrogens with zero attached hydrogens (tertiary/aromatic N) is 1. The zero-order valence-electron chi connectivity index (χ0n) is 12.4. The molecule has 0 radical (unpaired) electrons. The number of hydrogen-bond donors (Lipinski definition) is 2. The van der Waals surface area contributed by atoms with E-state index in [1.165, 1.54) is 0 Å². The molecule has 7 heteroatoms. The smallest absolute Gasteiger partial charge is 0.228 e. The van der Waals surface area contributed by atoms with Crippen LogP contribution in [0.25, 0.3) is 10.9 Å². The SMILES string of the molecule is NSc1cc(NC(=O)Cc2ccccc2Cl)cc2nc(Cl)ccc12. The van der Waals surface area contributed by atoms with Crippen LogP contribution in [0.1, 0.15) is 5.56 Å². The molecule has 3 aromatic rings. The molecular weight excluding hydrogens is 365 g/mol. The van der Waals surface area contributed by atoms with Crippen LogP contribution in [0.2, 0.25) is 10.2 Å². The van der Waals surface area contributed by atoms with Gasteiger partial charge >= 0.3 is 0 Å². The summed E-state index contributed by atoms with van der Waals surface area (Å²) in [5, 5.41) is 10.4. The van der Waals surface area contributed by atoms with Gasteiger partial charge in [0.25, 0.3) is 0 Å². The number of pyridine rings is 1. The van der Waals surface area contributed by atoms with E-state index in [0.717, 1.165) is 27.8 Å². The van der Waals surface area contributed by atoms with Gasteiger partial charge in [-0.2, -0.15) is 0 Å². The van der Waals surface area contributed by atoms with Gasteiger partial charge in [0, 0.05) is 21.0 Å². The first kappa shape index (κ1) is 17.0. The zero-order chi connectivity index (χ0) is 17.1. The average Bonchev–Trinajstić information content (AvgIpc) is 2.55. The predicted molar refractivity (Wildman–Crippen MR) is 101 cm³/mol. The van der Waals surface area contributed by atoms with Crippen molar-refractivity contribution in [1.29, 1.82) is 0 Å². The van der Waals surface area contributed by atoms with Crippen LogP contribution in [-0.2, 0) is 11.2 Å². The Bertz CT molecular complexity index is 917. The summed E-state index contributed by atoms with van der Waals surface area (Å²) in [5.41, 5.74) is 2.06. The van der Waals surface area contributed by atoms with Crippen LogP contribution in [0.5, 0.6) is 0 Å². The minimum absolute atomic E-state index is 0.169. The molecule has 1 amide bonds. The molecule has 0 saturated heterocycles. The highest BCUT2D eigenvalue weighted by molar-refractivity contribution is 7.97. The standard InChI is InChI=1S/C17H13Cl2N3OS/c18-13-4-2-1-3-10(13)7-17(23)21-11-8-14-12(15(9-11)24-20)5-6-16(19)22-14/h1-6,8-9H,7,20H2,(H,21,23). The third-order valence-corrected chi connectivity index (χ3v) is 4.63. The van der Waals surface area contributed by atoms with E-state index in [4.69, 9.17) is 28.3 Å². The van der Waals surface area contributed by atoms with Crippen LogP contribution in [0, 0.1) is 0 Å². The van der Waals surface area contributed by atoms with Crippen LogP contribution in [0.15, 0.2) is 53.4 Å². The normalized spacial score (nSPS) is 10.8. The van der Waals surface area contributed by atoms with Crippen molar-refractivity contribution in [2.45, 2.75) is 11.3 Å². The number of carbonyl (C=O) groups excluding carboxylic acids is 1. The summed E-state index contributed by atoms with van der Waals surface area (Å²) in [6, 6.07) is 14.4. The first-order chi connectivity index (χ1) is 11.6. The molecule has 1 heterocycles. The molecule has 3 rings (SSSR count). The van der Waals surface area contributed by atoms with Crippen molar-refractivity contribution in [3.05, 3.63) is 64.3 Å². The maximum atomic E-state index is 12.3. The second kappa shape index (κ2) is 7.40. The van der Waals surface area contributed by atoms with E-state index in [9.17, 15) is 4.79 Å². The van der Waals surface area contributed by atoms with Crippen molar-refractivity contribution in [3.63, 3.8) is 0 Å². The van der Waals surface area contributed by atoms with Gasteiger partial charge in [0.2, 0.25) is 5.91 Å². The fourth-order valence-corrected chi connectivity index (χ4v) is 3.22. The lowest BCUT2D eigenvalue weighted by Gasteiger charge is -2.10. The summed E-state index contributed by atoms with van der Waals surface area (Å²) >= 11 is 13.1. The van der Waals surface area contributed by atoms with E-state index in [2.05, 4.69) is 10.3 Å². The van der Waals surface area contributed by atoms with Gasteiger partial charge in [-0.1, -0.05) is 41.4 Å². The van der Waals surface area contributed by atoms with Crippen LogP contribution in [0.3, 0.4) is 0 Å². The Morgan fingerprint density at radius 2 is 1.96 bits per heavy atom. The second-order valence-electron chi connectivity index (χ2n) is 5.11. The Morgan fingerprint density at radius 3 is 2.71 bits per heavy atom. The number of amides is 1. The number of nitrogens with two attached hydrogens (primary N) is 1. The van der Waals surface area contributed by atoms with Gasteiger partial charge in [0.1, 0.15) is 5.15 Å². The number of anilines is 1. The first-order valence-electron chi connectivity index (χ1n) is 7.07. The highest BCUT2D eigenvalue weighted by Crippen LogP contribution is 2.29. The van der Waals surface area contributed by atoms with Gasteiger partial charge in [-0.25, -0.2) is 4.98 Å². The molecule has 2 aromatic carbocycles. The van der Waals surface area contributed by atoms with Crippen molar-refractivity contribution in [2.75, 3.05) is 5.32 Å². The highest BCUT2D eigenvalue weighted by Gasteiger charge is 2.10. The summed E-state index contributed by atoms with van der Waals surface area (Å²) in [4.78, 5) is 17.4. The molecule has 3 N–H and O–H groups in total. The van der Waals surface area contributed by atoms with Crippen molar-refractivity contribution in [3.8, 4) is 0 Å². The van der Waals surface area contributed by atoms with Gasteiger partial charge in [-0.05, 0) is 47.8 Å². The lowest BCUT2D eigenvalue weighted by Crippen LogP contribution is -2.14. The molecule has 0 aliphatic carbocycles. The lowest BCUT2D eigenvalue weighted by atomic mass is 10.1. The average molecular weight is 378 g/mol. The molecule has 4 nitrogen and oxygen atoms in total. The van der Waals surface area contributed by atoms with Gasteiger partial charge < -0.3 is 5.32 Å². The number of hydrogen-bond acceptors (Lipinski definition) is 4. The maximum absolute atomic E-state index is 12.3. The number of aromatic nitrogens is 1. The molecule has 122 valence electrons. The summed E-state index contributed by atoms with van der Waals surface area (Å²) in [6.07, 6.45) is 0.186. The number of rotatable bonds is 4. The summed E-state index contributed by atoms with van der Waals surface area (Å²) in [6.45, 7) is 0. The summed E-state index contributed by atoms with van der Waals surface area (Å²) in [5.74, 6) is -0.169. The third kappa shape index (κ3) is 3.82. The molecule has 0 aliphatic rings. The Morgan fingerprint density at radius 1 is 1.17 bits per heavy atom. The van der Waals surface area contributed by atoms with E-state index < -0.39 is 0 Å². The predicted octanol–water partition coefficient (Wildman–Crippen LogP) is 4.69. The van der Waals surface area contributed by atoms with Gasteiger partial charge in [-0.15, -0.1) is 0 Å². The molecule has 24 heavy (non-hydrogen) atoms. The van der Waals surface area contributed by atoms with E-state index in [1.54, 1.807) is 18.2 Å². The van der Waals surface area contributed by atoms with Crippen molar-refractivity contribution >= 4 is 57.6 Å².